The molecule has 0 aromatic carbocycles. The van der Waals surface area contributed by atoms with E-state index in [4.69, 9.17) is 9.47 Å². The predicted molar refractivity (Wildman–Crippen MR) is 78.7 cm³/mol. The molecular formula is C14H24FNO5S. The third-order valence-corrected chi connectivity index (χ3v) is 5.06. The van der Waals surface area contributed by atoms with Crippen molar-refractivity contribution in [2.75, 3.05) is 25.4 Å². The molecule has 1 spiro atoms. The molecule has 2 saturated heterocycles. The molecule has 2 aliphatic heterocycles. The normalized spacial score (nSPS) is 25.5. The number of halogens is 1. The number of carbonyl (C=O) groups is 1. The van der Waals surface area contributed by atoms with Gasteiger partial charge in [-0.25, -0.2) is 4.79 Å². The predicted octanol–water partition coefficient (Wildman–Crippen LogP) is 2.09. The van der Waals surface area contributed by atoms with Crippen molar-refractivity contribution in [2.24, 2.45) is 5.41 Å². The second-order valence-electron chi connectivity index (χ2n) is 7.14. The summed E-state index contributed by atoms with van der Waals surface area (Å²) in [5.41, 5.74) is -0.898. The van der Waals surface area contributed by atoms with Gasteiger partial charge in [0.05, 0.1) is 6.10 Å². The van der Waals surface area contributed by atoms with Crippen molar-refractivity contribution in [3.8, 4) is 0 Å². The maximum absolute atomic E-state index is 13.0. The van der Waals surface area contributed by atoms with Crippen LogP contribution in [0.3, 0.4) is 0 Å². The molecule has 1 amide bonds. The third kappa shape index (κ3) is 4.32. The highest BCUT2D eigenvalue weighted by molar-refractivity contribution is 7.86. The number of hydrogen-bond donors (Lipinski definition) is 0. The van der Waals surface area contributed by atoms with Crippen LogP contribution in [0, 0.1) is 5.41 Å². The number of nitrogens with zero attached hydrogens (tertiary/aromatic N) is 1. The second-order valence-corrected chi connectivity index (χ2v) is 8.56. The third-order valence-electron chi connectivity index (χ3n) is 4.36. The summed E-state index contributed by atoms with van der Waals surface area (Å²) in [7, 11) is -4.57. The largest absolute Gasteiger partial charge is 0.444 e. The lowest BCUT2D eigenvalue weighted by atomic mass is 9.73. The van der Waals surface area contributed by atoms with E-state index in [1.54, 1.807) is 4.90 Å². The zero-order chi connectivity index (χ0) is 16.6. The van der Waals surface area contributed by atoms with Gasteiger partial charge in [0.15, 0.2) is 0 Å². The van der Waals surface area contributed by atoms with Gasteiger partial charge in [0, 0.05) is 25.1 Å². The second kappa shape index (κ2) is 5.96. The Bertz CT molecular complexity index is 520. The Balaban J connectivity index is 1.97. The number of rotatable bonds is 2. The SMILES string of the molecule is CC(C)(C)OC(=O)N1CCC2(CCOC2CS(=O)(=O)F)CC1. The summed E-state index contributed by atoms with van der Waals surface area (Å²) in [6.45, 7) is 6.81. The minimum atomic E-state index is -4.57. The standard InChI is InChI=1S/C14H24FNO5S/c1-13(2,3)21-12(17)16-7-4-14(5-8-16)6-9-20-11(14)10-22(15,18)19/h11H,4-10H2,1-3H3. The fourth-order valence-electron chi connectivity index (χ4n) is 3.18. The van der Waals surface area contributed by atoms with Gasteiger partial charge in [-0.1, -0.05) is 0 Å². The van der Waals surface area contributed by atoms with Gasteiger partial charge in [0.1, 0.15) is 11.4 Å². The van der Waals surface area contributed by atoms with Crippen LogP contribution in [0.5, 0.6) is 0 Å². The van der Waals surface area contributed by atoms with Crippen molar-refractivity contribution in [2.45, 2.75) is 51.7 Å². The van der Waals surface area contributed by atoms with Gasteiger partial charge in [0.25, 0.3) is 0 Å². The molecule has 2 fully saturated rings. The highest BCUT2D eigenvalue weighted by Crippen LogP contribution is 2.44. The highest BCUT2D eigenvalue weighted by atomic mass is 32.3. The van der Waals surface area contributed by atoms with Gasteiger partial charge in [-0.05, 0) is 40.0 Å². The number of carbonyl (C=O) groups excluding carboxylic acids is 1. The molecule has 0 aromatic heterocycles. The Morgan fingerprint density at radius 1 is 1.32 bits per heavy atom. The average Bonchev–Trinajstić information content (AvgIpc) is 2.68. The average molecular weight is 337 g/mol. The van der Waals surface area contributed by atoms with Gasteiger partial charge >= 0.3 is 16.3 Å². The van der Waals surface area contributed by atoms with E-state index in [0.29, 0.717) is 39.0 Å². The van der Waals surface area contributed by atoms with Crippen LogP contribution in [-0.2, 0) is 19.7 Å². The van der Waals surface area contributed by atoms with Gasteiger partial charge < -0.3 is 14.4 Å². The molecule has 0 aliphatic carbocycles. The van der Waals surface area contributed by atoms with Crippen LogP contribution in [0.1, 0.15) is 40.0 Å². The van der Waals surface area contributed by atoms with Crippen LogP contribution in [0.15, 0.2) is 0 Å². The summed E-state index contributed by atoms with van der Waals surface area (Å²) in [4.78, 5) is 13.7. The maximum Gasteiger partial charge on any atom is 0.410 e. The first-order valence-corrected chi connectivity index (χ1v) is 9.08. The first kappa shape index (κ1) is 17.5. The van der Waals surface area contributed by atoms with Gasteiger partial charge in [0.2, 0.25) is 0 Å². The van der Waals surface area contributed by atoms with Crippen molar-refractivity contribution in [1.29, 1.82) is 0 Å². The Morgan fingerprint density at radius 2 is 1.91 bits per heavy atom. The zero-order valence-electron chi connectivity index (χ0n) is 13.3. The summed E-state index contributed by atoms with van der Waals surface area (Å²) in [6, 6.07) is 0. The van der Waals surface area contributed by atoms with Gasteiger partial charge in [-0.3, -0.25) is 0 Å². The zero-order valence-corrected chi connectivity index (χ0v) is 14.1. The molecule has 0 saturated carbocycles. The molecule has 128 valence electrons. The molecule has 0 radical (unpaired) electrons. The topological polar surface area (TPSA) is 72.9 Å². The Labute approximate surface area is 131 Å². The lowest BCUT2D eigenvalue weighted by Gasteiger charge is -2.41. The van der Waals surface area contributed by atoms with E-state index in [0.717, 1.165) is 0 Å². The monoisotopic (exact) mass is 337 g/mol. The van der Waals surface area contributed by atoms with Crippen LogP contribution >= 0.6 is 0 Å². The van der Waals surface area contributed by atoms with Crippen LogP contribution in [0.4, 0.5) is 8.68 Å². The van der Waals surface area contributed by atoms with Crippen molar-refractivity contribution in [3.05, 3.63) is 0 Å². The molecule has 2 rings (SSSR count). The summed E-state index contributed by atoms with van der Waals surface area (Å²) < 4.78 is 45.6. The van der Waals surface area contributed by atoms with Crippen molar-refractivity contribution >= 4 is 16.3 Å². The molecule has 0 bridgehead atoms. The quantitative estimate of drug-likeness (QED) is 0.722. The molecule has 0 N–H and O–H groups in total. The van der Waals surface area contributed by atoms with E-state index in [1.165, 1.54) is 0 Å². The van der Waals surface area contributed by atoms with Crippen LogP contribution in [0.25, 0.3) is 0 Å². The Kier molecular flexibility index (Phi) is 4.73. The molecule has 0 aromatic rings. The number of likely N-dealkylation sites (tertiary alicyclic amines) is 1. The Hall–Kier alpha value is -0.890. The van der Waals surface area contributed by atoms with E-state index in [1.807, 2.05) is 20.8 Å². The number of piperidine rings is 1. The Morgan fingerprint density at radius 3 is 2.41 bits per heavy atom. The van der Waals surface area contributed by atoms with Crippen LogP contribution < -0.4 is 0 Å². The van der Waals surface area contributed by atoms with E-state index in [9.17, 15) is 17.1 Å². The molecule has 1 unspecified atom stereocenters. The van der Waals surface area contributed by atoms with E-state index >= 15 is 0 Å². The fourth-order valence-corrected chi connectivity index (χ4v) is 3.99. The first-order chi connectivity index (χ1) is 10.0. The molecule has 6 nitrogen and oxygen atoms in total. The maximum atomic E-state index is 13.0. The van der Waals surface area contributed by atoms with E-state index < -0.39 is 27.7 Å². The van der Waals surface area contributed by atoms with Gasteiger partial charge in [-0.15, -0.1) is 3.89 Å². The minimum Gasteiger partial charge on any atom is -0.444 e. The fraction of sp³-hybridized carbons (Fsp3) is 0.929. The van der Waals surface area contributed by atoms with Crippen molar-refractivity contribution in [1.82, 2.24) is 4.90 Å². The lowest BCUT2D eigenvalue weighted by molar-refractivity contribution is -0.00545. The number of hydrogen-bond acceptors (Lipinski definition) is 5. The number of ether oxygens (including phenoxy) is 2. The van der Waals surface area contributed by atoms with Gasteiger partial charge in [-0.2, -0.15) is 8.42 Å². The molecule has 8 heteroatoms. The van der Waals surface area contributed by atoms with E-state index in [2.05, 4.69) is 0 Å². The summed E-state index contributed by atoms with van der Waals surface area (Å²) in [5.74, 6) is -0.598. The molecule has 1 atom stereocenters. The molecular weight excluding hydrogens is 313 g/mol. The summed E-state index contributed by atoms with van der Waals surface area (Å²) in [5, 5.41) is 0. The molecule has 22 heavy (non-hydrogen) atoms. The number of amides is 1. The van der Waals surface area contributed by atoms with Crippen LogP contribution in [-0.4, -0.2) is 56.6 Å². The van der Waals surface area contributed by atoms with Crippen molar-refractivity contribution in [3.63, 3.8) is 0 Å². The first-order valence-electron chi connectivity index (χ1n) is 7.53. The summed E-state index contributed by atoms with van der Waals surface area (Å²) >= 11 is 0. The lowest BCUT2D eigenvalue weighted by Crippen LogP contribution is -2.48. The van der Waals surface area contributed by atoms with Crippen LogP contribution in [0.2, 0.25) is 0 Å². The minimum absolute atomic E-state index is 0.350. The molecule has 2 heterocycles. The van der Waals surface area contributed by atoms with Crippen molar-refractivity contribution < 1.29 is 26.6 Å². The smallest absolute Gasteiger partial charge is 0.410 e. The summed E-state index contributed by atoms with van der Waals surface area (Å²) in [6.07, 6.45) is 0.924. The molecule has 2 aliphatic rings. The highest BCUT2D eigenvalue weighted by Gasteiger charge is 2.48. The van der Waals surface area contributed by atoms with E-state index in [-0.39, 0.29) is 11.5 Å².